The van der Waals surface area contributed by atoms with Gasteiger partial charge in [0.1, 0.15) is 0 Å². The molecule has 2 rings (SSSR count). The standard InChI is InChI=1S/C12H10BrN3O4S/c1-8-10(3-2-6-14-8)15-21(19,20)12-7-9(13)4-5-11(12)16(17)18/h2-7,15H,1H3. The largest absolute Gasteiger partial charge is 0.289 e. The van der Waals surface area contributed by atoms with E-state index in [1.165, 1.54) is 24.4 Å². The topological polar surface area (TPSA) is 102 Å². The van der Waals surface area contributed by atoms with Crippen LogP contribution in [0.2, 0.25) is 0 Å². The van der Waals surface area contributed by atoms with Crippen molar-refractivity contribution in [2.24, 2.45) is 0 Å². The van der Waals surface area contributed by atoms with Gasteiger partial charge in [0.25, 0.3) is 15.7 Å². The summed E-state index contributed by atoms with van der Waals surface area (Å²) in [4.78, 5) is 13.8. The Balaban J connectivity index is 2.52. The fourth-order valence-corrected chi connectivity index (χ4v) is 3.47. The molecule has 1 aromatic carbocycles. The van der Waals surface area contributed by atoms with Gasteiger partial charge in [-0.15, -0.1) is 0 Å². The molecular formula is C12H10BrN3O4S. The lowest BCUT2D eigenvalue weighted by Crippen LogP contribution is -2.15. The molecule has 0 aliphatic carbocycles. The lowest BCUT2D eigenvalue weighted by Gasteiger charge is -2.10. The van der Waals surface area contributed by atoms with Crippen LogP contribution in [-0.4, -0.2) is 18.3 Å². The minimum absolute atomic E-state index is 0.270. The van der Waals surface area contributed by atoms with Gasteiger partial charge in [0.2, 0.25) is 0 Å². The Kier molecular flexibility index (Phi) is 4.24. The van der Waals surface area contributed by atoms with Crippen molar-refractivity contribution in [2.75, 3.05) is 4.72 Å². The third-order valence-electron chi connectivity index (χ3n) is 2.66. The Morgan fingerprint density at radius 3 is 2.67 bits per heavy atom. The number of aromatic nitrogens is 1. The molecule has 7 nitrogen and oxygen atoms in total. The van der Waals surface area contributed by atoms with Crippen LogP contribution in [0.5, 0.6) is 0 Å². The number of nitrogens with zero attached hydrogens (tertiary/aromatic N) is 2. The molecule has 0 aliphatic heterocycles. The molecule has 0 amide bonds. The monoisotopic (exact) mass is 371 g/mol. The lowest BCUT2D eigenvalue weighted by molar-refractivity contribution is -0.387. The summed E-state index contributed by atoms with van der Waals surface area (Å²) in [7, 11) is -4.10. The number of nitro groups is 1. The number of nitrogens with one attached hydrogen (secondary N) is 1. The predicted molar refractivity (Wildman–Crippen MR) is 80.6 cm³/mol. The van der Waals surface area contributed by atoms with Crippen LogP contribution in [0, 0.1) is 17.0 Å². The molecule has 0 spiro atoms. The Morgan fingerprint density at radius 2 is 2.05 bits per heavy atom. The molecule has 1 N–H and O–H groups in total. The smallest absolute Gasteiger partial charge is 0.278 e. The van der Waals surface area contributed by atoms with E-state index in [0.29, 0.717) is 10.2 Å². The number of anilines is 1. The fraction of sp³-hybridized carbons (Fsp3) is 0.0833. The van der Waals surface area contributed by atoms with Gasteiger partial charge in [-0.2, -0.15) is 0 Å². The van der Waals surface area contributed by atoms with E-state index >= 15 is 0 Å². The Hall–Kier alpha value is -2.00. The summed E-state index contributed by atoms with van der Waals surface area (Å²) in [5.74, 6) is 0. The Labute approximate surface area is 129 Å². The number of aryl methyl sites for hydroxylation is 1. The van der Waals surface area contributed by atoms with E-state index < -0.39 is 25.5 Å². The van der Waals surface area contributed by atoms with Crippen LogP contribution in [0.1, 0.15) is 5.69 Å². The fourth-order valence-electron chi connectivity index (χ4n) is 1.65. The highest BCUT2D eigenvalue weighted by Gasteiger charge is 2.26. The van der Waals surface area contributed by atoms with E-state index in [9.17, 15) is 18.5 Å². The molecule has 0 saturated heterocycles. The molecule has 0 atom stereocenters. The van der Waals surface area contributed by atoms with E-state index in [4.69, 9.17) is 0 Å². The number of sulfonamides is 1. The molecule has 0 aliphatic rings. The molecule has 2 aromatic rings. The molecule has 1 heterocycles. The number of rotatable bonds is 4. The molecule has 0 saturated carbocycles. The Morgan fingerprint density at radius 1 is 1.33 bits per heavy atom. The maximum absolute atomic E-state index is 12.4. The van der Waals surface area contributed by atoms with Gasteiger partial charge >= 0.3 is 0 Å². The number of benzene rings is 1. The van der Waals surface area contributed by atoms with E-state index in [2.05, 4.69) is 25.6 Å². The average Bonchev–Trinajstić information content (AvgIpc) is 2.41. The van der Waals surface area contributed by atoms with Gasteiger partial charge in [0, 0.05) is 16.7 Å². The van der Waals surface area contributed by atoms with Gasteiger partial charge in [-0.1, -0.05) is 15.9 Å². The summed E-state index contributed by atoms with van der Waals surface area (Å²) < 4.78 is 27.5. The van der Waals surface area contributed by atoms with Crippen LogP contribution >= 0.6 is 15.9 Å². The lowest BCUT2D eigenvalue weighted by atomic mass is 10.3. The quantitative estimate of drug-likeness (QED) is 0.657. The first kappa shape index (κ1) is 15.4. The highest BCUT2D eigenvalue weighted by atomic mass is 79.9. The summed E-state index contributed by atoms with van der Waals surface area (Å²) in [5, 5.41) is 11.0. The molecule has 0 bridgehead atoms. The SMILES string of the molecule is Cc1ncccc1NS(=O)(=O)c1cc(Br)ccc1[N+](=O)[O-]. The molecule has 21 heavy (non-hydrogen) atoms. The van der Waals surface area contributed by atoms with Gasteiger partial charge < -0.3 is 0 Å². The van der Waals surface area contributed by atoms with Crippen molar-refractivity contribution < 1.29 is 13.3 Å². The van der Waals surface area contributed by atoms with Crippen molar-refractivity contribution in [3.05, 3.63) is 56.8 Å². The summed E-state index contributed by atoms with van der Waals surface area (Å²) in [6.45, 7) is 1.63. The second kappa shape index (κ2) is 5.78. The van der Waals surface area contributed by atoms with Crippen LogP contribution in [0.3, 0.4) is 0 Å². The van der Waals surface area contributed by atoms with Crippen molar-refractivity contribution >= 4 is 37.3 Å². The van der Waals surface area contributed by atoms with Crippen LogP contribution in [0.4, 0.5) is 11.4 Å². The van der Waals surface area contributed by atoms with Crippen molar-refractivity contribution in [2.45, 2.75) is 11.8 Å². The van der Waals surface area contributed by atoms with Gasteiger partial charge in [-0.05, 0) is 31.2 Å². The Bertz CT molecular complexity index is 808. The number of hydrogen-bond acceptors (Lipinski definition) is 5. The average molecular weight is 372 g/mol. The van der Waals surface area contributed by atoms with Gasteiger partial charge in [0.05, 0.1) is 16.3 Å². The summed E-state index contributed by atoms with van der Waals surface area (Å²) in [5.41, 5.74) is 0.248. The highest BCUT2D eigenvalue weighted by Crippen LogP contribution is 2.29. The molecule has 0 unspecified atom stereocenters. The van der Waals surface area contributed by atoms with Gasteiger partial charge in [-0.3, -0.25) is 19.8 Å². The minimum Gasteiger partial charge on any atom is -0.278 e. The van der Waals surface area contributed by atoms with Gasteiger partial charge in [-0.25, -0.2) is 8.42 Å². The predicted octanol–water partition coefficient (Wildman–Crippen LogP) is 2.86. The first-order chi connectivity index (χ1) is 9.81. The van der Waals surface area contributed by atoms with Crippen LogP contribution in [0.25, 0.3) is 0 Å². The number of hydrogen-bond donors (Lipinski definition) is 1. The second-order valence-corrected chi connectivity index (χ2v) is 6.68. The van der Waals surface area contributed by atoms with E-state index in [1.54, 1.807) is 13.0 Å². The van der Waals surface area contributed by atoms with E-state index in [0.717, 1.165) is 6.07 Å². The third-order valence-corrected chi connectivity index (χ3v) is 4.55. The molecular weight excluding hydrogens is 362 g/mol. The highest BCUT2D eigenvalue weighted by molar-refractivity contribution is 9.10. The molecule has 110 valence electrons. The zero-order chi connectivity index (χ0) is 15.6. The van der Waals surface area contributed by atoms with Crippen LogP contribution < -0.4 is 4.72 Å². The minimum atomic E-state index is -4.10. The first-order valence-electron chi connectivity index (χ1n) is 5.69. The molecule has 9 heteroatoms. The van der Waals surface area contributed by atoms with Crippen molar-refractivity contribution in [3.8, 4) is 0 Å². The molecule has 1 aromatic heterocycles. The zero-order valence-corrected chi connectivity index (χ0v) is 13.2. The van der Waals surface area contributed by atoms with Crippen LogP contribution in [-0.2, 0) is 10.0 Å². The normalized spacial score (nSPS) is 11.1. The van der Waals surface area contributed by atoms with Crippen molar-refractivity contribution in [1.29, 1.82) is 0 Å². The van der Waals surface area contributed by atoms with Crippen molar-refractivity contribution in [1.82, 2.24) is 4.98 Å². The third kappa shape index (κ3) is 3.37. The van der Waals surface area contributed by atoms with Crippen LogP contribution in [0.15, 0.2) is 45.9 Å². The number of pyridine rings is 1. The summed E-state index contributed by atoms with van der Waals surface area (Å²) >= 11 is 3.11. The number of nitro benzene ring substituents is 1. The van der Waals surface area contributed by atoms with Gasteiger partial charge in [0.15, 0.2) is 4.90 Å². The second-order valence-electron chi connectivity index (χ2n) is 4.11. The maximum atomic E-state index is 12.4. The number of halogens is 1. The summed E-state index contributed by atoms with van der Waals surface area (Å²) in [6.07, 6.45) is 1.52. The zero-order valence-electron chi connectivity index (χ0n) is 10.8. The maximum Gasteiger partial charge on any atom is 0.289 e. The first-order valence-corrected chi connectivity index (χ1v) is 7.97. The van der Waals surface area contributed by atoms with Crippen molar-refractivity contribution in [3.63, 3.8) is 0 Å². The molecule has 0 fully saturated rings. The molecule has 0 radical (unpaired) electrons. The van der Waals surface area contributed by atoms with E-state index in [1.807, 2.05) is 0 Å². The summed E-state index contributed by atoms with van der Waals surface area (Å²) in [6, 6.07) is 6.83. The van der Waals surface area contributed by atoms with E-state index in [-0.39, 0.29) is 5.69 Å².